The van der Waals surface area contributed by atoms with Crippen LogP contribution in [0, 0.1) is 10.1 Å². The number of benzene rings is 2. The van der Waals surface area contributed by atoms with Crippen molar-refractivity contribution in [1.29, 1.82) is 0 Å². The first-order valence-corrected chi connectivity index (χ1v) is 8.10. The minimum atomic E-state index is -0.583. The van der Waals surface area contributed by atoms with E-state index in [-0.39, 0.29) is 37.0 Å². The lowest BCUT2D eigenvalue weighted by molar-refractivity contribution is -0.384. The Morgan fingerprint density at radius 2 is 2.11 bits per heavy atom. The highest BCUT2D eigenvalue weighted by atomic mass is 16.6. The molecule has 9 heteroatoms. The molecule has 0 aromatic heterocycles. The van der Waals surface area contributed by atoms with Crippen LogP contribution < -0.4 is 19.7 Å². The number of amides is 1. The molecule has 1 aliphatic heterocycles. The molecule has 0 aliphatic carbocycles. The van der Waals surface area contributed by atoms with Crippen molar-refractivity contribution in [3.05, 3.63) is 58.1 Å². The molecule has 0 saturated heterocycles. The zero-order valence-electron chi connectivity index (χ0n) is 14.5. The molecule has 0 radical (unpaired) electrons. The second-order valence-corrected chi connectivity index (χ2v) is 5.83. The van der Waals surface area contributed by atoms with Crippen molar-refractivity contribution in [2.24, 2.45) is 0 Å². The van der Waals surface area contributed by atoms with E-state index in [9.17, 15) is 19.7 Å². The van der Waals surface area contributed by atoms with Gasteiger partial charge in [-0.25, -0.2) is 4.79 Å². The number of non-ortho nitro benzene ring substituents is 1. The van der Waals surface area contributed by atoms with Gasteiger partial charge in [0.2, 0.25) is 5.91 Å². The number of methoxy groups -OCH3 is 1. The Morgan fingerprint density at radius 3 is 2.85 bits per heavy atom. The van der Waals surface area contributed by atoms with Crippen molar-refractivity contribution >= 4 is 23.3 Å². The average Bonchev–Trinajstić information content (AvgIpc) is 2.65. The van der Waals surface area contributed by atoms with Crippen LogP contribution in [0.3, 0.4) is 0 Å². The van der Waals surface area contributed by atoms with Gasteiger partial charge in [0, 0.05) is 18.2 Å². The van der Waals surface area contributed by atoms with Gasteiger partial charge < -0.3 is 19.7 Å². The smallest absolute Gasteiger partial charge is 0.331 e. The summed E-state index contributed by atoms with van der Waals surface area (Å²) < 4.78 is 10.3. The van der Waals surface area contributed by atoms with Crippen molar-refractivity contribution in [2.75, 3.05) is 25.1 Å². The standard InChI is InChI=1S/C18H17N3O6/c1-26-15-5-3-2-4-12(15)9-19-17(22)10-20-11-18(23)27-16-8-13(21(24)25)6-7-14(16)20/h2-8H,9-11H2,1H3,(H,19,22). The lowest BCUT2D eigenvalue weighted by Gasteiger charge is -2.29. The van der Waals surface area contributed by atoms with Gasteiger partial charge in [0.25, 0.3) is 5.69 Å². The van der Waals surface area contributed by atoms with Crippen LogP contribution in [-0.4, -0.2) is 37.0 Å². The van der Waals surface area contributed by atoms with E-state index in [1.54, 1.807) is 13.2 Å². The number of carbonyl (C=O) groups is 2. The third kappa shape index (κ3) is 4.14. The predicted molar refractivity (Wildman–Crippen MR) is 95.8 cm³/mol. The molecule has 1 amide bonds. The summed E-state index contributed by atoms with van der Waals surface area (Å²) in [5.41, 5.74) is 1.08. The lowest BCUT2D eigenvalue weighted by Crippen LogP contribution is -2.43. The molecule has 0 spiro atoms. The normalized spacial score (nSPS) is 12.8. The van der Waals surface area contributed by atoms with E-state index < -0.39 is 10.9 Å². The number of nitro groups is 1. The maximum Gasteiger partial charge on any atom is 0.331 e. The number of nitrogens with one attached hydrogen (secondary N) is 1. The fraction of sp³-hybridized carbons (Fsp3) is 0.222. The first-order valence-electron chi connectivity index (χ1n) is 8.10. The van der Waals surface area contributed by atoms with Crippen LogP contribution in [-0.2, 0) is 16.1 Å². The zero-order valence-corrected chi connectivity index (χ0v) is 14.5. The average molecular weight is 371 g/mol. The number of ether oxygens (including phenoxy) is 2. The van der Waals surface area contributed by atoms with E-state index in [1.165, 1.54) is 23.1 Å². The Labute approximate surface area is 154 Å². The summed E-state index contributed by atoms with van der Waals surface area (Å²) >= 11 is 0. The van der Waals surface area contributed by atoms with Crippen LogP contribution in [0.25, 0.3) is 0 Å². The molecule has 2 aromatic carbocycles. The summed E-state index contributed by atoms with van der Waals surface area (Å²) in [6, 6.07) is 11.3. The number of hydrogen-bond acceptors (Lipinski definition) is 7. The van der Waals surface area contributed by atoms with Gasteiger partial charge in [0.1, 0.15) is 12.3 Å². The quantitative estimate of drug-likeness (QED) is 0.356. The number of para-hydroxylation sites is 1. The number of carbonyl (C=O) groups excluding carboxylic acids is 2. The second-order valence-electron chi connectivity index (χ2n) is 5.83. The number of hydrogen-bond donors (Lipinski definition) is 1. The van der Waals surface area contributed by atoms with Crippen LogP contribution in [0.1, 0.15) is 5.56 Å². The topological polar surface area (TPSA) is 111 Å². The number of fused-ring (bicyclic) bond motifs is 1. The molecule has 0 saturated carbocycles. The lowest BCUT2D eigenvalue weighted by atomic mass is 10.2. The molecular weight excluding hydrogens is 354 g/mol. The number of rotatable bonds is 6. The highest BCUT2D eigenvalue weighted by Gasteiger charge is 2.27. The Kier molecular flexibility index (Phi) is 5.20. The van der Waals surface area contributed by atoms with E-state index in [2.05, 4.69) is 5.32 Å². The van der Waals surface area contributed by atoms with Crippen LogP contribution in [0.5, 0.6) is 11.5 Å². The summed E-state index contributed by atoms with van der Waals surface area (Å²) in [7, 11) is 1.55. The van der Waals surface area contributed by atoms with Gasteiger partial charge in [0.15, 0.2) is 5.75 Å². The van der Waals surface area contributed by atoms with Gasteiger partial charge in [-0.1, -0.05) is 18.2 Å². The van der Waals surface area contributed by atoms with Crippen LogP contribution in [0.4, 0.5) is 11.4 Å². The van der Waals surface area contributed by atoms with Crippen LogP contribution in [0.2, 0.25) is 0 Å². The molecule has 140 valence electrons. The van der Waals surface area contributed by atoms with Crippen LogP contribution >= 0.6 is 0 Å². The van der Waals surface area contributed by atoms with Crippen molar-refractivity contribution in [3.8, 4) is 11.5 Å². The van der Waals surface area contributed by atoms with Crippen molar-refractivity contribution in [3.63, 3.8) is 0 Å². The van der Waals surface area contributed by atoms with Gasteiger partial charge in [-0.2, -0.15) is 0 Å². The first kappa shape index (κ1) is 18.2. The largest absolute Gasteiger partial charge is 0.496 e. The summed E-state index contributed by atoms with van der Waals surface area (Å²) in [6.45, 7) is 0.0657. The molecule has 3 rings (SSSR count). The Hall–Kier alpha value is -3.62. The molecule has 0 unspecified atom stereocenters. The van der Waals surface area contributed by atoms with Gasteiger partial charge in [-0.3, -0.25) is 14.9 Å². The number of nitrogens with zero attached hydrogens (tertiary/aromatic N) is 2. The molecule has 9 nitrogen and oxygen atoms in total. The fourth-order valence-corrected chi connectivity index (χ4v) is 2.77. The second kappa shape index (κ2) is 7.73. The molecule has 0 fully saturated rings. The van der Waals surface area contributed by atoms with Crippen LogP contribution in [0.15, 0.2) is 42.5 Å². The summed E-state index contributed by atoms with van der Waals surface area (Å²) in [4.78, 5) is 35.9. The molecule has 1 N–H and O–H groups in total. The third-order valence-electron chi connectivity index (χ3n) is 4.04. The first-order chi connectivity index (χ1) is 13.0. The Bertz CT molecular complexity index is 898. The highest BCUT2D eigenvalue weighted by Crippen LogP contribution is 2.34. The molecule has 27 heavy (non-hydrogen) atoms. The summed E-state index contributed by atoms with van der Waals surface area (Å²) in [5.74, 6) is -0.157. The molecule has 0 atom stereocenters. The zero-order chi connectivity index (χ0) is 19.4. The van der Waals surface area contributed by atoms with Crippen molar-refractivity contribution < 1.29 is 24.0 Å². The molecular formula is C18H17N3O6. The molecule has 2 aromatic rings. The van der Waals surface area contributed by atoms with Crippen molar-refractivity contribution in [1.82, 2.24) is 5.32 Å². The van der Waals surface area contributed by atoms with E-state index in [0.29, 0.717) is 11.4 Å². The fourth-order valence-electron chi connectivity index (χ4n) is 2.77. The maximum atomic E-state index is 12.3. The SMILES string of the molecule is COc1ccccc1CNC(=O)CN1CC(=O)Oc2cc([N+](=O)[O-])ccc21. The third-order valence-corrected chi connectivity index (χ3v) is 4.04. The summed E-state index contributed by atoms with van der Waals surface area (Å²) in [5, 5.41) is 13.7. The van der Waals surface area contributed by atoms with E-state index >= 15 is 0 Å². The minimum absolute atomic E-state index is 0.0676. The number of esters is 1. The number of nitro benzene ring substituents is 1. The highest BCUT2D eigenvalue weighted by molar-refractivity contribution is 5.89. The van der Waals surface area contributed by atoms with Gasteiger partial charge >= 0.3 is 5.97 Å². The van der Waals surface area contributed by atoms with Gasteiger partial charge in [0.05, 0.1) is 30.3 Å². The molecule has 0 bridgehead atoms. The Morgan fingerprint density at radius 1 is 1.33 bits per heavy atom. The predicted octanol–water partition coefficient (Wildman–Crippen LogP) is 1.65. The van der Waals surface area contributed by atoms with Gasteiger partial charge in [-0.05, 0) is 12.1 Å². The van der Waals surface area contributed by atoms with Gasteiger partial charge in [-0.15, -0.1) is 0 Å². The van der Waals surface area contributed by atoms with Crippen molar-refractivity contribution in [2.45, 2.75) is 6.54 Å². The number of anilines is 1. The monoisotopic (exact) mass is 371 g/mol. The molecule has 1 aliphatic rings. The van der Waals surface area contributed by atoms with E-state index in [4.69, 9.17) is 9.47 Å². The summed E-state index contributed by atoms with van der Waals surface area (Å²) in [6.07, 6.45) is 0. The van der Waals surface area contributed by atoms with E-state index in [1.807, 2.05) is 18.2 Å². The molecule has 1 heterocycles. The maximum absolute atomic E-state index is 12.3. The van der Waals surface area contributed by atoms with E-state index in [0.717, 1.165) is 5.56 Å². The Balaban J connectivity index is 1.69. The minimum Gasteiger partial charge on any atom is -0.496 e.